The molecule has 0 bridgehead atoms. The maximum atomic E-state index is 10.2. The molecule has 0 saturated heterocycles. The van der Waals surface area contributed by atoms with Crippen molar-refractivity contribution in [2.24, 2.45) is 11.3 Å². The van der Waals surface area contributed by atoms with Crippen molar-refractivity contribution in [2.45, 2.75) is 32.1 Å². The molecule has 0 aliphatic heterocycles. The predicted molar refractivity (Wildman–Crippen MR) is 80.1 cm³/mol. The summed E-state index contributed by atoms with van der Waals surface area (Å²) in [5, 5.41) is 29.8. The molecule has 2 aromatic rings. The van der Waals surface area contributed by atoms with Gasteiger partial charge in [-0.1, -0.05) is 6.92 Å². The van der Waals surface area contributed by atoms with Gasteiger partial charge in [0, 0.05) is 17.9 Å². The van der Waals surface area contributed by atoms with Crippen molar-refractivity contribution in [1.29, 1.82) is 0 Å². The van der Waals surface area contributed by atoms with E-state index in [4.69, 9.17) is 17.3 Å². The Kier molecular flexibility index (Phi) is 3.72. The Morgan fingerprint density at radius 2 is 2.18 bits per heavy atom. The van der Waals surface area contributed by atoms with E-state index in [1.807, 2.05) is 0 Å². The van der Waals surface area contributed by atoms with E-state index < -0.39 is 17.6 Å². The Hall–Kier alpha value is -1.48. The number of imidazole rings is 1. The highest BCUT2D eigenvalue weighted by molar-refractivity contribution is 6.28. The number of nitrogen functional groups attached to an aromatic ring is 1. The normalized spacial score (nSPS) is 32.0. The monoisotopic (exact) mass is 327 g/mol. The Bertz CT molecular complexity index is 708. The first-order chi connectivity index (χ1) is 10.4. The van der Waals surface area contributed by atoms with Crippen LogP contribution in [0.2, 0.25) is 5.28 Å². The zero-order valence-corrected chi connectivity index (χ0v) is 12.8. The quantitative estimate of drug-likeness (QED) is 0.574. The van der Waals surface area contributed by atoms with Crippen LogP contribution in [0.5, 0.6) is 0 Å². The molecule has 1 saturated carbocycles. The molecule has 3 rings (SSSR count). The van der Waals surface area contributed by atoms with Gasteiger partial charge in [0.2, 0.25) is 5.28 Å². The first-order valence-electron chi connectivity index (χ1n) is 6.96. The lowest BCUT2D eigenvalue weighted by Crippen LogP contribution is -2.37. The minimum absolute atomic E-state index is 0.0268. The van der Waals surface area contributed by atoms with Crippen molar-refractivity contribution in [2.75, 3.05) is 12.3 Å². The SMILES string of the molecule is C[C@]1(CO)CC(Cn2cnc3c(N)nc(Cl)nc32)[C@H](O)[C@@H]1O. The number of fused-ring (bicyclic) bond motifs is 1. The van der Waals surface area contributed by atoms with Gasteiger partial charge in [-0.05, 0) is 18.0 Å². The number of aliphatic hydroxyl groups is 3. The molecule has 8 nitrogen and oxygen atoms in total. The van der Waals surface area contributed by atoms with Crippen LogP contribution in [0.1, 0.15) is 13.3 Å². The molecule has 0 amide bonds. The van der Waals surface area contributed by atoms with Crippen LogP contribution in [0.3, 0.4) is 0 Å². The third kappa shape index (κ3) is 2.32. The van der Waals surface area contributed by atoms with Gasteiger partial charge >= 0.3 is 0 Å². The third-order valence-corrected chi connectivity index (χ3v) is 4.67. The number of nitrogens with zero attached hydrogens (tertiary/aromatic N) is 4. The standard InChI is InChI=1S/C13H18ClN5O3/c1-13(4-20)2-6(8(21)9(13)22)3-19-5-16-7-10(15)17-12(14)18-11(7)19/h5-6,8-9,20-22H,2-4H2,1H3,(H2,15,17,18)/t6?,8-,9-,13+/m0/s1. The van der Waals surface area contributed by atoms with Crippen molar-refractivity contribution < 1.29 is 15.3 Å². The van der Waals surface area contributed by atoms with Gasteiger partial charge in [0.1, 0.15) is 5.52 Å². The number of nitrogens with two attached hydrogens (primary N) is 1. The average molecular weight is 328 g/mol. The van der Waals surface area contributed by atoms with Crippen LogP contribution in [-0.4, -0.2) is 53.7 Å². The molecule has 1 aliphatic carbocycles. The van der Waals surface area contributed by atoms with Crippen molar-refractivity contribution in [3.8, 4) is 0 Å². The molecular formula is C13H18ClN5O3. The smallest absolute Gasteiger partial charge is 0.226 e. The fourth-order valence-electron chi connectivity index (χ4n) is 3.17. The summed E-state index contributed by atoms with van der Waals surface area (Å²) in [6, 6.07) is 0. The summed E-state index contributed by atoms with van der Waals surface area (Å²) in [7, 11) is 0. The van der Waals surface area contributed by atoms with E-state index in [-0.39, 0.29) is 23.6 Å². The molecule has 2 heterocycles. The molecule has 0 radical (unpaired) electrons. The van der Waals surface area contributed by atoms with E-state index in [2.05, 4.69) is 15.0 Å². The maximum absolute atomic E-state index is 10.2. The van der Waals surface area contributed by atoms with Gasteiger partial charge in [-0.2, -0.15) is 9.97 Å². The zero-order valence-electron chi connectivity index (χ0n) is 12.0. The number of hydrogen-bond donors (Lipinski definition) is 4. The largest absolute Gasteiger partial charge is 0.396 e. The number of aromatic nitrogens is 4. The summed E-state index contributed by atoms with van der Waals surface area (Å²) in [6.07, 6.45) is 0.143. The van der Waals surface area contributed by atoms with E-state index in [0.29, 0.717) is 24.1 Å². The number of halogens is 1. The minimum atomic E-state index is -0.972. The molecule has 1 unspecified atom stereocenters. The summed E-state index contributed by atoms with van der Waals surface area (Å²) in [6.45, 7) is 1.95. The molecule has 120 valence electrons. The van der Waals surface area contributed by atoms with Gasteiger partial charge in [-0.3, -0.25) is 0 Å². The Labute approximate surface area is 131 Å². The summed E-state index contributed by atoms with van der Waals surface area (Å²) in [5.74, 6) is -0.0412. The Balaban J connectivity index is 1.91. The van der Waals surface area contributed by atoms with Crippen molar-refractivity contribution in [3.05, 3.63) is 11.6 Å². The fraction of sp³-hybridized carbons (Fsp3) is 0.615. The first kappa shape index (κ1) is 15.4. The van der Waals surface area contributed by atoms with Gasteiger partial charge in [0.15, 0.2) is 11.5 Å². The van der Waals surface area contributed by atoms with Gasteiger partial charge in [0.05, 0.1) is 25.1 Å². The molecule has 1 fully saturated rings. The van der Waals surface area contributed by atoms with E-state index in [1.54, 1.807) is 17.8 Å². The topological polar surface area (TPSA) is 130 Å². The maximum Gasteiger partial charge on any atom is 0.226 e. The van der Waals surface area contributed by atoms with Crippen LogP contribution in [-0.2, 0) is 6.54 Å². The third-order valence-electron chi connectivity index (χ3n) is 4.50. The van der Waals surface area contributed by atoms with E-state index >= 15 is 0 Å². The molecule has 9 heteroatoms. The highest BCUT2D eigenvalue weighted by atomic mass is 35.5. The molecule has 1 aliphatic rings. The lowest BCUT2D eigenvalue weighted by atomic mass is 9.87. The second-order valence-corrected chi connectivity index (χ2v) is 6.50. The van der Waals surface area contributed by atoms with Gasteiger partial charge in [-0.15, -0.1) is 0 Å². The highest BCUT2D eigenvalue weighted by Crippen LogP contribution is 2.42. The van der Waals surface area contributed by atoms with E-state index in [0.717, 1.165) is 0 Å². The molecular weight excluding hydrogens is 310 g/mol. The van der Waals surface area contributed by atoms with E-state index in [9.17, 15) is 15.3 Å². The average Bonchev–Trinajstić information content (AvgIpc) is 2.96. The van der Waals surface area contributed by atoms with Gasteiger partial charge in [0.25, 0.3) is 0 Å². The van der Waals surface area contributed by atoms with Crippen LogP contribution >= 0.6 is 11.6 Å². The predicted octanol–water partition coefficient (Wildman–Crippen LogP) is -0.198. The number of anilines is 1. The highest BCUT2D eigenvalue weighted by Gasteiger charge is 2.49. The number of hydrogen-bond acceptors (Lipinski definition) is 7. The van der Waals surface area contributed by atoms with E-state index in [1.165, 1.54) is 0 Å². The van der Waals surface area contributed by atoms with Crippen molar-refractivity contribution in [1.82, 2.24) is 19.5 Å². The molecule has 5 N–H and O–H groups in total. The number of aliphatic hydroxyl groups excluding tert-OH is 3. The van der Waals surface area contributed by atoms with Crippen LogP contribution in [0.4, 0.5) is 5.82 Å². The zero-order chi connectivity index (χ0) is 16.1. The Morgan fingerprint density at radius 1 is 1.45 bits per heavy atom. The van der Waals surface area contributed by atoms with Crippen LogP contribution < -0.4 is 5.73 Å². The van der Waals surface area contributed by atoms with Crippen LogP contribution in [0.15, 0.2) is 6.33 Å². The molecule has 2 aromatic heterocycles. The van der Waals surface area contributed by atoms with Crippen molar-refractivity contribution >= 4 is 28.6 Å². The minimum Gasteiger partial charge on any atom is -0.396 e. The summed E-state index contributed by atoms with van der Waals surface area (Å²) < 4.78 is 1.73. The molecule has 0 spiro atoms. The van der Waals surface area contributed by atoms with Crippen molar-refractivity contribution in [3.63, 3.8) is 0 Å². The van der Waals surface area contributed by atoms with Gasteiger partial charge < -0.3 is 25.6 Å². The van der Waals surface area contributed by atoms with Gasteiger partial charge in [-0.25, -0.2) is 4.98 Å². The molecule has 22 heavy (non-hydrogen) atoms. The summed E-state index contributed by atoms with van der Waals surface area (Å²) >= 11 is 5.82. The first-order valence-corrected chi connectivity index (χ1v) is 7.34. The summed E-state index contributed by atoms with van der Waals surface area (Å²) in [4.78, 5) is 12.1. The van der Waals surface area contributed by atoms with Crippen LogP contribution in [0.25, 0.3) is 11.2 Å². The summed E-state index contributed by atoms with van der Waals surface area (Å²) in [5.41, 5.74) is 5.97. The number of rotatable bonds is 3. The lowest BCUT2D eigenvalue weighted by Gasteiger charge is -2.25. The van der Waals surface area contributed by atoms with Crippen LogP contribution in [0, 0.1) is 11.3 Å². The second-order valence-electron chi connectivity index (χ2n) is 6.16. The molecule has 0 aromatic carbocycles. The second kappa shape index (κ2) is 5.31. The fourth-order valence-corrected chi connectivity index (χ4v) is 3.34. The molecule has 4 atom stereocenters. The Morgan fingerprint density at radius 3 is 2.82 bits per heavy atom. The lowest BCUT2D eigenvalue weighted by molar-refractivity contribution is -0.0422.